The smallest absolute Gasteiger partial charge is 0.354 e. The highest BCUT2D eigenvalue weighted by atomic mass is 32.1. The Hall–Kier alpha value is -2.28. The maximum Gasteiger partial charge on any atom is 0.354 e. The van der Waals surface area contributed by atoms with Gasteiger partial charge in [0.2, 0.25) is 0 Å². The van der Waals surface area contributed by atoms with Gasteiger partial charge < -0.3 is 5.11 Å². The lowest BCUT2D eigenvalue weighted by atomic mass is 9.93. The van der Waals surface area contributed by atoms with Gasteiger partial charge in [0.1, 0.15) is 11.4 Å². The van der Waals surface area contributed by atoms with Gasteiger partial charge in [-0.25, -0.2) is 14.8 Å². The molecule has 0 aliphatic rings. The summed E-state index contributed by atoms with van der Waals surface area (Å²) in [6.45, 7) is 6.10. The third-order valence-electron chi connectivity index (χ3n) is 2.69. The van der Waals surface area contributed by atoms with Crippen molar-refractivity contribution in [2.75, 3.05) is 5.32 Å². The first-order valence-corrected chi connectivity index (χ1v) is 7.13. The number of carbonyl (C=O) groups is 2. The normalized spacial score (nSPS) is 11.2. The molecule has 0 radical (unpaired) electrons. The first-order valence-electron chi connectivity index (χ1n) is 6.25. The molecule has 0 saturated heterocycles. The SMILES string of the molecule is CC(C)(C)c1csc(NC(=O)c2cccc(C(=O)O)n2)n1. The second kappa shape index (κ2) is 5.61. The maximum absolute atomic E-state index is 12.0. The molecule has 0 fully saturated rings. The van der Waals surface area contributed by atoms with Crippen LogP contribution in [-0.2, 0) is 5.41 Å². The van der Waals surface area contributed by atoms with Gasteiger partial charge in [-0.3, -0.25) is 10.1 Å². The van der Waals surface area contributed by atoms with E-state index >= 15 is 0 Å². The van der Waals surface area contributed by atoms with Gasteiger partial charge in [-0.15, -0.1) is 11.3 Å². The Bertz CT molecular complexity index is 689. The van der Waals surface area contributed by atoms with E-state index in [1.165, 1.54) is 29.5 Å². The van der Waals surface area contributed by atoms with Crippen LogP contribution >= 0.6 is 11.3 Å². The average Bonchev–Trinajstić information content (AvgIpc) is 2.87. The number of thiazole rings is 1. The van der Waals surface area contributed by atoms with Gasteiger partial charge in [0.15, 0.2) is 5.13 Å². The van der Waals surface area contributed by atoms with Crippen LogP contribution in [0.3, 0.4) is 0 Å². The Morgan fingerprint density at radius 1 is 1.19 bits per heavy atom. The minimum Gasteiger partial charge on any atom is -0.477 e. The molecule has 0 aromatic carbocycles. The van der Waals surface area contributed by atoms with Crippen LogP contribution < -0.4 is 5.32 Å². The molecule has 0 saturated carbocycles. The first-order chi connectivity index (χ1) is 9.77. The number of nitrogens with one attached hydrogen (secondary N) is 1. The number of nitrogens with zero attached hydrogens (tertiary/aromatic N) is 2. The number of hydrogen-bond acceptors (Lipinski definition) is 5. The summed E-state index contributed by atoms with van der Waals surface area (Å²) in [4.78, 5) is 31.0. The van der Waals surface area contributed by atoms with Crippen molar-refractivity contribution in [3.8, 4) is 0 Å². The van der Waals surface area contributed by atoms with E-state index in [4.69, 9.17) is 5.11 Å². The standard InChI is InChI=1S/C14H15N3O3S/c1-14(2,3)10-7-21-13(16-10)17-11(18)8-5-4-6-9(15-8)12(19)20/h4-7H,1-3H3,(H,19,20)(H,16,17,18). The Kier molecular flexibility index (Phi) is 4.04. The molecule has 110 valence electrons. The lowest BCUT2D eigenvalue weighted by Gasteiger charge is -2.14. The summed E-state index contributed by atoms with van der Waals surface area (Å²) >= 11 is 1.32. The monoisotopic (exact) mass is 305 g/mol. The van der Waals surface area contributed by atoms with Gasteiger partial charge in [-0.1, -0.05) is 26.8 Å². The third-order valence-corrected chi connectivity index (χ3v) is 3.45. The van der Waals surface area contributed by atoms with Crippen LogP contribution in [0.2, 0.25) is 0 Å². The van der Waals surface area contributed by atoms with E-state index in [1.54, 1.807) is 0 Å². The zero-order valence-corrected chi connectivity index (χ0v) is 12.7. The van der Waals surface area contributed by atoms with E-state index in [1.807, 2.05) is 26.2 Å². The van der Waals surface area contributed by atoms with Crippen molar-refractivity contribution in [3.63, 3.8) is 0 Å². The second-order valence-electron chi connectivity index (χ2n) is 5.46. The van der Waals surface area contributed by atoms with Gasteiger partial charge in [0.25, 0.3) is 5.91 Å². The molecular formula is C14H15N3O3S. The van der Waals surface area contributed by atoms with Crippen molar-refractivity contribution in [1.29, 1.82) is 0 Å². The summed E-state index contributed by atoms with van der Waals surface area (Å²) in [6.07, 6.45) is 0. The van der Waals surface area contributed by atoms with E-state index in [2.05, 4.69) is 15.3 Å². The zero-order chi connectivity index (χ0) is 15.6. The summed E-state index contributed by atoms with van der Waals surface area (Å²) < 4.78 is 0. The van der Waals surface area contributed by atoms with Crippen LogP contribution in [-0.4, -0.2) is 27.0 Å². The fourth-order valence-electron chi connectivity index (χ4n) is 1.52. The lowest BCUT2D eigenvalue weighted by molar-refractivity contribution is 0.0690. The van der Waals surface area contributed by atoms with Crippen LogP contribution in [0.25, 0.3) is 0 Å². The topological polar surface area (TPSA) is 92.2 Å². The number of hydrogen-bond donors (Lipinski definition) is 2. The number of aromatic nitrogens is 2. The minimum atomic E-state index is -1.17. The quantitative estimate of drug-likeness (QED) is 0.909. The molecule has 0 bridgehead atoms. The van der Waals surface area contributed by atoms with Crippen molar-refractivity contribution >= 4 is 28.3 Å². The van der Waals surface area contributed by atoms with Crippen molar-refractivity contribution in [2.45, 2.75) is 26.2 Å². The summed E-state index contributed by atoms with van der Waals surface area (Å²) in [5, 5.41) is 13.8. The van der Waals surface area contributed by atoms with Gasteiger partial charge in [0.05, 0.1) is 5.69 Å². The Morgan fingerprint density at radius 3 is 2.43 bits per heavy atom. The molecule has 2 aromatic rings. The van der Waals surface area contributed by atoms with E-state index in [-0.39, 0.29) is 16.8 Å². The minimum absolute atomic E-state index is 0.0439. The highest BCUT2D eigenvalue weighted by Gasteiger charge is 2.19. The van der Waals surface area contributed by atoms with Crippen LogP contribution in [0, 0.1) is 0 Å². The molecule has 6 nitrogen and oxygen atoms in total. The van der Waals surface area contributed by atoms with Crippen LogP contribution in [0.1, 0.15) is 47.4 Å². The number of carbonyl (C=O) groups excluding carboxylic acids is 1. The number of carboxylic acids is 1. The van der Waals surface area contributed by atoms with Crippen LogP contribution in [0.5, 0.6) is 0 Å². The van der Waals surface area contributed by atoms with Crippen LogP contribution in [0.4, 0.5) is 5.13 Å². The summed E-state index contributed by atoms with van der Waals surface area (Å²) in [5.74, 6) is -1.65. The predicted molar refractivity (Wildman–Crippen MR) is 80.0 cm³/mol. The third kappa shape index (κ3) is 3.63. The van der Waals surface area contributed by atoms with E-state index in [9.17, 15) is 9.59 Å². The van der Waals surface area contributed by atoms with Gasteiger partial charge in [0, 0.05) is 10.8 Å². The molecule has 1 amide bonds. The Balaban J connectivity index is 2.16. The Labute approximate surface area is 125 Å². The van der Waals surface area contributed by atoms with Gasteiger partial charge >= 0.3 is 5.97 Å². The maximum atomic E-state index is 12.0. The number of anilines is 1. The number of rotatable bonds is 3. The molecule has 0 aliphatic heterocycles. The molecule has 2 heterocycles. The van der Waals surface area contributed by atoms with Crippen molar-refractivity contribution < 1.29 is 14.7 Å². The fourth-order valence-corrected chi connectivity index (χ4v) is 2.45. The molecule has 2 N–H and O–H groups in total. The second-order valence-corrected chi connectivity index (χ2v) is 6.31. The van der Waals surface area contributed by atoms with E-state index in [0.29, 0.717) is 5.13 Å². The van der Waals surface area contributed by atoms with Crippen molar-refractivity contribution in [1.82, 2.24) is 9.97 Å². The highest BCUT2D eigenvalue weighted by Crippen LogP contribution is 2.26. The van der Waals surface area contributed by atoms with Gasteiger partial charge in [-0.2, -0.15) is 0 Å². The molecule has 21 heavy (non-hydrogen) atoms. The predicted octanol–water partition coefficient (Wildman–Crippen LogP) is 2.79. The van der Waals surface area contributed by atoms with Crippen LogP contribution in [0.15, 0.2) is 23.6 Å². The molecule has 2 aromatic heterocycles. The first kappa shape index (κ1) is 15.1. The summed E-state index contributed by atoms with van der Waals surface area (Å²) in [6, 6.07) is 4.27. The summed E-state index contributed by atoms with van der Waals surface area (Å²) in [5.41, 5.74) is 0.663. The van der Waals surface area contributed by atoms with E-state index < -0.39 is 11.9 Å². The number of carboxylic acid groups (broad SMARTS) is 1. The molecular weight excluding hydrogens is 290 g/mol. The molecule has 7 heteroatoms. The average molecular weight is 305 g/mol. The number of aromatic carboxylic acids is 1. The van der Waals surface area contributed by atoms with E-state index in [0.717, 1.165) is 5.69 Å². The largest absolute Gasteiger partial charge is 0.477 e. The highest BCUT2D eigenvalue weighted by molar-refractivity contribution is 7.14. The molecule has 2 rings (SSSR count). The fraction of sp³-hybridized carbons (Fsp3) is 0.286. The number of amides is 1. The molecule has 0 unspecified atom stereocenters. The molecule has 0 spiro atoms. The number of pyridine rings is 1. The molecule has 0 aliphatic carbocycles. The molecule has 0 atom stereocenters. The van der Waals surface area contributed by atoms with Crippen molar-refractivity contribution in [3.05, 3.63) is 40.7 Å². The van der Waals surface area contributed by atoms with Gasteiger partial charge in [-0.05, 0) is 12.1 Å². The zero-order valence-electron chi connectivity index (χ0n) is 11.9. The van der Waals surface area contributed by atoms with Crippen molar-refractivity contribution in [2.24, 2.45) is 0 Å². The Morgan fingerprint density at radius 2 is 1.86 bits per heavy atom. The summed E-state index contributed by atoms with van der Waals surface area (Å²) in [7, 11) is 0. The lowest BCUT2D eigenvalue weighted by Crippen LogP contribution is -2.16.